The van der Waals surface area contributed by atoms with Crippen molar-refractivity contribution in [2.45, 2.75) is 52.6 Å². The van der Waals surface area contributed by atoms with Crippen LogP contribution in [0.2, 0.25) is 0 Å². The zero-order valence-corrected chi connectivity index (χ0v) is 20.8. The molecule has 0 unspecified atom stereocenters. The average molecular weight is 474 g/mol. The normalized spacial score (nSPS) is 12.1. The van der Waals surface area contributed by atoms with Crippen LogP contribution in [0.25, 0.3) is 0 Å². The molecule has 0 aliphatic rings. The lowest BCUT2D eigenvalue weighted by molar-refractivity contribution is -0.140. The van der Waals surface area contributed by atoms with Gasteiger partial charge in [-0.2, -0.15) is 0 Å². The summed E-state index contributed by atoms with van der Waals surface area (Å²) >= 11 is 0. The Balaban J connectivity index is 2.38. The van der Waals surface area contributed by atoms with E-state index < -0.39 is 22.0 Å². The summed E-state index contributed by atoms with van der Waals surface area (Å²) in [7, 11) is -3.73. The molecule has 0 fully saturated rings. The molecule has 180 valence electrons. The maximum absolute atomic E-state index is 13.6. The molecule has 0 saturated heterocycles. The number of nitrogens with one attached hydrogen (secondary N) is 1. The third kappa shape index (κ3) is 7.60. The zero-order chi connectivity index (χ0) is 24.4. The van der Waals surface area contributed by atoms with Crippen molar-refractivity contribution >= 4 is 27.5 Å². The van der Waals surface area contributed by atoms with Crippen LogP contribution in [0.1, 0.15) is 44.2 Å². The molecule has 1 N–H and O–H groups in total. The van der Waals surface area contributed by atoms with E-state index in [9.17, 15) is 18.0 Å². The lowest BCUT2D eigenvalue weighted by Crippen LogP contribution is -2.52. The summed E-state index contributed by atoms with van der Waals surface area (Å²) in [5.41, 5.74) is 2.07. The minimum atomic E-state index is -3.73. The summed E-state index contributed by atoms with van der Waals surface area (Å²) < 4.78 is 26.4. The molecule has 0 heterocycles. The molecule has 0 aliphatic carbocycles. The molecule has 0 aliphatic heterocycles. The maximum Gasteiger partial charge on any atom is 0.244 e. The second kappa shape index (κ2) is 12.4. The molecule has 1 atom stereocenters. The number of carbonyl (C=O) groups is 2. The lowest BCUT2D eigenvalue weighted by Gasteiger charge is -2.33. The van der Waals surface area contributed by atoms with Crippen LogP contribution in [0.15, 0.2) is 54.6 Å². The van der Waals surface area contributed by atoms with Gasteiger partial charge in [-0.1, -0.05) is 68.8 Å². The van der Waals surface area contributed by atoms with E-state index in [1.165, 1.54) is 4.90 Å². The Morgan fingerprint density at radius 2 is 1.64 bits per heavy atom. The fraction of sp³-hybridized carbons (Fsp3) is 0.440. The Labute approximate surface area is 197 Å². The minimum Gasteiger partial charge on any atom is -0.354 e. The predicted octanol–water partition coefficient (Wildman–Crippen LogP) is 3.48. The van der Waals surface area contributed by atoms with Gasteiger partial charge in [-0.05, 0) is 37.0 Å². The molecule has 0 saturated carbocycles. The highest BCUT2D eigenvalue weighted by atomic mass is 32.2. The molecule has 2 aromatic rings. The summed E-state index contributed by atoms with van der Waals surface area (Å²) in [5, 5.41) is 2.92. The van der Waals surface area contributed by atoms with E-state index in [1.54, 1.807) is 25.1 Å². The van der Waals surface area contributed by atoms with Gasteiger partial charge in [-0.15, -0.1) is 0 Å². The number of nitrogens with zero attached hydrogens (tertiary/aromatic N) is 2. The van der Waals surface area contributed by atoms with Crippen LogP contribution in [0.5, 0.6) is 0 Å². The van der Waals surface area contributed by atoms with Crippen LogP contribution >= 0.6 is 0 Å². The van der Waals surface area contributed by atoms with Gasteiger partial charge in [0.1, 0.15) is 12.6 Å². The number of benzene rings is 2. The third-order valence-corrected chi connectivity index (χ3v) is 6.60. The first-order valence-electron chi connectivity index (χ1n) is 11.3. The molecule has 2 rings (SSSR count). The first-order chi connectivity index (χ1) is 15.7. The van der Waals surface area contributed by atoms with Crippen LogP contribution in [0, 0.1) is 6.92 Å². The van der Waals surface area contributed by atoms with Crippen LogP contribution in [0.4, 0.5) is 5.69 Å². The molecular formula is C25H35N3O4S. The first-order valence-corrected chi connectivity index (χ1v) is 13.2. The summed E-state index contributed by atoms with van der Waals surface area (Å²) in [4.78, 5) is 28.0. The SMILES string of the molecule is CCCCNC(=O)[C@H](CC)N(Cc1ccccc1)C(=O)CN(c1ccccc1C)S(C)(=O)=O. The number of unbranched alkanes of at least 4 members (excludes halogenated alkanes) is 1. The highest BCUT2D eigenvalue weighted by molar-refractivity contribution is 7.92. The van der Waals surface area contributed by atoms with Crippen molar-refractivity contribution < 1.29 is 18.0 Å². The number of hydrogen-bond acceptors (Lipinski definition) is 4. The van der Waals surface area contributed by atoms with Crippen LogP contribution in [-0.2, 0) is 26.2 Å². The maximum atomic E-state index is 13.6. The van der Waals surface area contributed by atoms with Gasteiger partial charge in [0.15, 0.2) is 0 Å². The predicted molar refractivity (Wildman–Crippen MR) is 132 cm³/mol. The molecule has 2 aromatic carbocycles. The van der Waals surface area contributed by atoms with Crippen molar-refractivity contribution in [1.29, 1.82) is 0 Å². The monoisotopic (exact) mass is 473 g/mol. The summed E-state index contributed by atoms with van der Waals surface area (Å²) in [6, 6.07) is 15.7. The smallest absolute Gasteiger partial charge is 0.244 e. The van der Waals surface area contributed by atoms with E-state index in [4.69, 9.17) is 0 Å². The molecule has 33 heavy (non-hydrogen) atoms. The number of para-hydroxylation sites is 1. The molecule has 0 bridgehead atoms. The van der Waals surface area contributed by atoms with Crippen molar-refractivity contribution in [1.82, 2.24) is 10.2 Å². The van der Waals surface area contributed by atoms with Crippen LogP contribution < -0.4 is 9.62 Å². The van der Waals surface area contributed by atoms with Crippen molar-refractivity contribution in [3.05, 3.63) is 65.7 Å². The summed E-state index contributed by atoms with van der Waals surface area (Å²) in [6.07, 6.45) is 3.30. The van der Waals surface area contributed by atoms with Gasteiger partial charge in [0.2, 0.25) is 21.8 Å². The number of aryl methyl sites for hydroxylation is 1. The van der Waals surface area contributed by atoms with Gasteiger partial charge in [0.25, 0.3) is 0 Å². The first kappa shape index (κ1) is 26.4. The van der Waals surface area contributed by atoms with Gasteiger partial charge >= 0.3 is 0 Å². The number of carbonyl (C=O) groups excluding carboxylic acids is 2. The number of rotatable bonds is 12. The van der Waals surface area contributed by atoms with E-state index in [0.29, 0.717) is 18.7 Å². The molecule has 0 spiro atoms. The van der Waals surface area contributed by atoms with E-state index >= 15 is 0 Å². The topological polar surface area (TPSA) is 86.8 Å². The van der Waals surface area contributed by atoms with Gasteiger partial charge in [-0.3, -0.25) is 13.9 Å². The molecule has 0 radical (unpaired) electrons. The van der Waals surface area contributed by atoms with Crippen molar-refractivity contribution in [2.24, 2.45) is 0 Å². The van der Waals surface area contributed by atoms with Crippen LogP contribution in [0.3, 0.4) is 0 Å². The fourth-order valence-corrected chi connectivity index (χ4v) is 4.55. The third-order valence-electron chi connectivity index (χ3n) is 5.47. The molecular weight excluding hydrogens is 438 g/mol. The van der Waals surface area contributed by atoms with Crippen LogP contribution in [-0.4, -0.2) is 50.5 Å². The summed E-state index contributed by atoms with van der Waals surface area (Å²) in [6.45, 7) is 6.07. The standard InChI is InChI=1S/C25H35N3O4S/c1-5-7-17-26-25(30)22(6-2)27(18-21-14-9-8-10-15-21)24(29)19-28(33(4,31)32)23-16-12-11-13-20(23)3/h8-16,22H,5-7,17-19H2,1-4H3,(H,26,30)/t22-/m0/s1. The zero-order valence-electron chi connectivity index (χ0n) is 20.0. The number of hydrogen-bond donors (Lipinski definition) is 1. The Morgan fingerprint density at radius 3 is 2.21 bits per heavy atom. The van der Waals surface area contributed by atoms with E-state index in [2.05, 4.69) is 5.32 Å². The number of anilines is 1. The lowest BCUT2D eigenvalue weighted by atomic mass is 10.1. The highest BCUT2D eigenvalue weighted by Gasteiger charge is 2.31. The van der Waals surface area contributed by atoms with Crippen molar-refractivity contribution in [3.8, 4) is 0 Å². The van der Waals surface area contributed by atoms with Gasteiger partial charge in [0.05, 0.1) is 11.9 Å². The average Bonchev–Trinajstić information content (AvgIpc) is 2.78. The minimum absolute atomic E-state index is 0.213. The quantitative estimate of drug-likeness (QED) is 0.478. The van der Waals surface area contributed by atoms with E-state index in [-0.39, 0.29) is 19.0 Å². The Hall–Kier alpha value is -2.87. The number of sulfonamides is 1. The van der Waals surface area contributed by atoms with Crippen molar-refractivity contribution in [3.63, 3.8) is 0 Å². The summed E-state index contributed by atoms with van der Waals surface area (Å²) in [5.74, 6) is -0.651. The van der Waals surface area contributed by atoms with Gasteiger partial charge < -0.3 is 10.2 Å². The van der Waals surface area contributed by atoms with E-state index in [1.807, 2.05) is 50.2 Å². The number of amides is 2. The highest BCUT2D eigenvalue weighted by Crippen LogP contribution is 2.23. The molecule has 2 amide bonds. The molecule has 7 nitrogen and oxygen atoms in total. The molecule has 8 heteroatoms. The Kier molecular flexibility index (Phi) is 9.91. The largest absolute Gasteiger partial charge is 0.354 e. The van der Waals surface area contributed by atoms with E-state index in [0.717, 1.165) is 34.5 Å². The van der Waals surface area contributed by atoms with Crippen molar-refractivity contribution in [2.75, 3.05) is 23.7 Å². The second-order valence-electron chi connectivity index (χ2n) is 8.13. The Bertz CT molecular complexity index is 1020. The molecule has 0 aromatic heterocycles. The second-order valence-corrected chi connectivity index (χ2v) is 10.0. The van der Waals surface area contributed by atoms with Gasteiger partial charge in [0, 0.05) is 13.1 Å². The fourth-order valence-electron chi connectivity index (χ4n) is 3.64. The Morgan fingerprint density at radius 1 is 1.00 bits per heavy atom. The van der Waals surface area contributed by atoms with Gasteiger partial charge in [-0.25, -0.2) is 8.42 Å².